The summed E-state index contributed by atoms with van der Waals surface area (Å²) in [6, 6.07) is 15.0. The Morgan fingerprint density at radius 3 is 2.29 bits per heavy atom. The number of carbonyl (C=O) groups is 2. The van der Waals surface area contributed by atoms with Crippen molar-refractivity contribution in [3.05, 3.63) is 88.4 Å². The van der Waals surface area contributed by atoms with Crippen LogP contribution in [0.1, 0.15) is 34.3 Å². The van der Waals surface area contributed by atoms with E-state index in [1.54, 1.807) is 56.5 Å². The maximum absolute atomic E-state index is 13.1. The third-order valence-corrected chi connectivity index (χ3v) is 5.46. The summed E-state index contributed by atoms with van der Waals surface area (Å²) in [4.78, 5) is 27.5. The lowest BCUT2D eigenvalue weighted by atomic mass is 9.98. The first-order valence-corrected chi connectivity index (χ1v) is 9.91. The molecule has 1 aliphatic rings. The van der Waals surface area contributed by atoms with E-state index >= 15 is 0 Å². The van der Waals surface area contributed by atoms with Crippen molar-refractivity contribution in [2.24, 2.45) is 0 Å². The number of ketones is 1. The molecule has 0 radical (unpaired) electrons. The summed E-state index contributed by atoms with van der Waals surface area (Å²) in [5.74, 6) is -0.0123. The quantitative estimate of drug-likeness (QED) is 0.373. The van der Waals surface area contributed by atoms with Crippen molar-refractivity contribution in [2.45, 2.75) is 26.8 Å². The van der Waals surface area contributed by atoms with E-state index in [9.17, 15) is 14.7 Å². The molecule has 158 valence electrons. The van der Waals surface area contributed by atoms with E-state index in [1.807, 2.05) is 26.0 Å². The van der Waals surface area contributed by atoms with Gasteiger partial charge in [0.05, 0.1) is 12.7 Å². The summed E-state index contributed by atoms with van der Waals surface area (Å²) < 4.78 is 11.1. The molecule has 4 rings (SSSR count). The van der Waals surface area contributed by atoms with Crippen LogP contribution in [-0.2, 0) is 9.59 Å². The third kappa shape index (κ3) is 3.50. The fraction of sp³-hybridized carbons (Fsp3) is 0.200. The second kappa shape index (κ2) is 7.80. The molecule has 0 bridgehead atoms. The lowest BCUT2D eigenvalue weighted by Crippen LogP contribution is -2.29. The number of hydrogen-bond acceptors (Lipinski definition) is 5. The van der Waals surface area contributed by atoms with Crippen LogP contribution in [0.4, 0.5) is 5.69 Å². The van der Waals surface area contributed by atoms with E-state index in [4.69, 9.17) is 9.15 Å². The van der Waals surface area contributed by atoms with Gasteiger partial charge in [-0.2, -0.15) is 0 Å². The molecule has 3 aromatic rings. The van der Waals surface area contributed by atoms with Crippen molar-refractivity contribution in [1.29, 1.82) is 0 Å². The molecule has 6 heteroatoms. The first-order valence-electron chi connectivity index (χ1n) is 9.91. The fourth-order valence-corrected chi connectivity index (χ4v) is 3.85. The minimum atomic E-state index is -0.876. The van der Waals surface area contributed by atoms with Crippen LogP contribution in [0.2, 0.25) is 0 Å². The van der Waals surface area contributed by atoms with Crippen molar-refractivity contribution in [3.8, 4) is 5.75 Å². The van der Waals surface area contributed by atoms with Gasteiger partial charge in [-0.15, -0.1) is 0 Å². The van der Waals surface area contributed by atoms with Crippen LogP contribution in [0, 0.1) is 20.8 Å². The van der Waals surface area contributed by atoms with E-state index in [2.05, 4.69) is 0 Å². The van der Waals surface area contributed by atoms with Crippen LogP contribution in [-0.4, -0.2) is 23.9 Å². The topological polar surface area (TPSA) is 80.0 Å². The highest BCUT2D eigenvalue weighted by atomic mass is 16.5. The van der Waals surface area contributed by atoms with Gasteiger partial charge in [0.25, 0.3) is 11.7 Å². The van der Waals surface area contributed by atoms with Gasteiger partial charge in [0.2, 0.25) is 0 Å². The van der Waals surface area contributed by atoms with Gasteiger partial charge in [0, 0.05) is 11.3 Å². The number of benzene rings is 2. The number of hydrogen-bond donors (Lipinski definition) is 1. The van der Waals surface area contributed by atoms with Crippen molar-refractivity contribution in [2.75, 3.05) is 12.0 Å². The molecule has 2 heterocycles. The Morgan fingerprint density at radius 2 is 1.71 bits per heavy atom. The number of aliphatic hydroxyl groups excluding tert-OH is 1. The first-order chi connectivity index (χ1) is 14.8. The second-order valence-electron chi connectivity index (χ2n) is 7.64. The molecule has 2 aromatic carbocycles. The highest BCUT2D eigenvalue weighted by Gasteiger charge is 2.48. The number of rotatable bonds is 4. The molecule has 1 unspecified atom stereocenters. The van der Waals surface area contributed by atoms with Crippen LogP contribution in [0.15, 0.2) is 64.6 Å². The van der Waals surface area contributed by atoms with Gasteiger partial charge < -0.3 is 14.3 Å². The zero-order valence-corrected chi connectivity index (χ0v) is 17.8. The summed E-state index contributed by atoms with van der Waals surface area (Å²) in [6.07, 6.45) is 0. The minimum Gasteiger partial charge on any atom is -0.507 e. The van der Waals surface area contributed by atoms with Crippen LogP contribution in [0.25, 0.3) is 5.76 Å². The zero-order chi connectivity index (χ0) is 22.3. The standard InChI is InChI=1S/C25H23NO5/c1-14-5-9-18(10-6-14)26-22(20-11-7-16(3)31-20)21(24(28)25(26)29)23(27)17-8-12-19(30-4)15(2)13-17/h5-13,22,27H,1-4H3/b23-21-. The van der Waals surface area contributed by atoms with Gasteiger partial charge in [-0.3, -0.25) is 14.5 Å². The van der Waals surface area contributed by atoms with E-state index in [1.165, 1.54) is 4.90 Å². The Labute approximate surface area is 180 Å². The Balaban J connectivity index is 1.92. The predicted molar refractivity (Wildman–Crippen MR) is 117 cm³/mol. The number of Topliss-reactive ketones (excluding diaryl/α,β-unsaturated/α-hetero) is 1. The summed E-state index contributed by atoms with van der Waals surface area (Å²) >= 11 is 0. The minimum absolute atomic E-state index is 0.00973. The highest BCUT2D eigenvalue weighted by Crippen LogP contribution is 2.42. The first kappa shape index (κ1) is 20.5. The number of aliphatic hydroxyl groups is 1. The molecular formula is C25H23NO5. The summed E-state index contributed by atoms with van der Waals surface area (Å²) in [7, 11) is 1.56. The van der Waals surface area contributed by atoms with Crippen molar-refractivity contribution in [1.82, 2.24) is 0 Å². The number of aryl methyl sites for hydroxylation is 3. The van der Waals surface area contributed by atoms with E-state index < -0.39 is 17.7 Å². The van der Waals surface area contributed by atoms with Crippen molar-refractivity contribution < 1.29 is 23.8 Å². The Morgan fingerprint density at radius 1 is 1.00 bits per heavy atom. The summed E-state index contributed by atoms with van der Waals surface area (Å²) in [5.41, 5.74) is 2.79. The molecule has 0 aliphatic carbocycles. The Kier molecular flexibility index (Phi) is 5.15. The third-order valence-electron chi connectivity index (χ3n) is 5.46. The molecule has 31 heavy (non-hydrogen) atoms. The Bertz CT molecular complexity index is 1200. The predicted octanol–water partition coefficient (Wildman–Crippen LogP) is 4.84. The summed E-state index contributed by atoms with van der Waals surface area (Å²) in [6.45, 7) is 5.57. The normalized spacial score (nSPS) is 17.9. The molecular weight excluding hydrogens is 394 g/mol. The summed E-state index contributed by atoms with van der Waals surface area (Å²) in [5, 5.41) is 11.1. The average Bonchev–Trinajstić information content (AvgIpc) is 3.29. The zero-order valence-electron chi connectivity index (χ0n) is 17.8. The number of amides is 1. The fourth-order valence-electron chi connectivity index (χ4n) is 3.85. The number of furan rings is 1. The number of nitrogens with zero attached hydrogens (tertiary/aromatic N) is 1. The van der Waals surface area contributed by atoms with Crippen molar-refractivity contribution in [3.63, 3.8) is 0 Å². The highest BCUT2D eigenvalue weighted by molar-refractivity contribution is 6.51. The van der Waals surface area contributed by atoms with E-state index in [-0.39, 0.29) is 11.3 Å². The monoisotopic (exact) mass is 417 g/mol. The Hall–Kier alpha value is -3.80. The number of methoxy groups -OCH3 is 1. The van der Waals surface area contributed by atoms with Crippen molar-refractivity contribution >= 4 is 23.1 Å². The van der Waals surface area contributed by atoms with Gasteiger partial charge >= 0.3 is 0 Å². The molecule has 0 saturated carbocycles. The van der Waals surface area contributed by atoms with Crippen LogP contribution < -0.4 is 9.64 Å². The van der Waals surface area contributed by atoms with Crippen LogP contribution in [0.5, 0.6) is 5.75 Å². The van der Waals surface area contributed by atoms with Gasteiger partial charge in [0.1, 0.15) is 29.1 Å². The molecule has 0 spiro atoms. The van der Waals surface area contributed by atoms with Gasteiger partial charge in [-0.1, -0.05) is 17.7 Å². The SMILES string of the molecule is COc1ccc(/C(O)=C2/C(=O)C(=O)N(c3ccc(C)cc3)C2c2ccc(C)o2)cc1C. The molecule has 1 N–H and O–H groups in total. The van der Waals surface area contributed by atoms with Crippen LogP contribution >= 0.6 is 0 Å². The van der Waals surface area contributed by atoms with Gasteiger partial charge in [-0.25, -0.2) is 0 Å². The number of ether oxygens (including phenoxy) is 1. The van der Waals surface area contributed by atoms with Gasteiger partial charge in [0.15, 0.2) is 0 Å². The molecule has 1 aliphatic heterocycles. The molecule has 1 saturated heterocycles. The second-order valence-corrected chi connectivity index (χ2v) is 7.64. The lowest BCUT2D eigenvalue weighted by Gasteiger charge is -2.23. The van der Waals surface area contributed by atoms with E-state index in [0.29, 0.717) is 28.5 Å². The van der Waals surface area contributed by atoms with Gasteiger partial charge in [-0.05, 0) is 68.8 Å². The number of carbonyl (C=O) groups excluding carboxylic acids is 2. The maximum Gasteiger partial charge on any atom is 0.300 e. The largest absolute Gasteiger partial charge is 0.507 e. The molecule has 1 fully saturated rings. The average molecular weight is 417 g/mol. The van der Waals surface area contributed by atoms with E-state index in [0.717, 1.165) is 11.1 Å². The molecule has 6 nitrogen and oxygen atoms in total. The maximum atomic E-state index is 13.1. The smallest absolute Gasteiger partial charge is 0.300 e. The van der Waals surface area contributed by atoms with Crippen LogP contribution in [0.3, 0.4) is 0 Å². The molecule has 1 atom stereocenters. The lowest BCUT2D eigenvalue weighted by molar-refractivity contribution is -0.132. The molecule has 1 aromatic heterocycles. The molecule has 1 amide bonds. The number of anilines is 1.